The van der Waals surface area contributed by atoms with Crippen molar-refractivity contribution in [3.05, 3.63) is 66.0 Å². The number of rotatable bonds is 7. The number of halogens is 3. The summed E-state index contributed by atoms with van der Waals surface area (Å²) in [6, 6.07) is 11.7. The second-order valence-corrected chi connectivity index (χ2v) is 12.2. The topological polar surface area (TPSA) is 87.6 Å². The number of aromatic nitrogens is 3. The van der Waals surface area contributed by atoms with Crippen LogP contribution in [0.4, 0.5) is 29.3 Å². The number of hydrogen-bond acceptors (Lipinski definition) is 6. The standard InChI is InChI=1S/C32H38F3N7O2/c1-31(2,3)28-19-24(25-20-36-41(5)29(25)39-28)21-6-9-23(10-7-21)37-30(43)38-26-18-22(32(33,34)35)8-11-27(26)44-17-16-42-14-12-40(4)13-15-42/h6-11,18-20H,12-17H2,1-5H3,(H2,37,38,43). The van der Waals surface area contributed by atoms with Gasteiger partial charge in [0, 0.05) is 62.0 Å². The molecule has 0 unspecified atom stereocenters. The molecule has 2 aromatic heterocycles. The first-order chi connectivity index (χ1) is 20.8. The van der Waals surface area contributed by atoms with Crippen molar-refractivity contribution in [2.75, 3.05) is 57.0 Å². The van der Waals surface area contributed by atoms with Gasteiger partial charge in [-0.15, -0.1) is 0 Å². The van der Waals surface area contributed by atoms with Crippen molar-refractivity contribution in [1.82, 2.24) is 24.6 Å². The smallest absolute Gasteiger partial charge is 0.416 e. The quantitative estimate of drug-likeness (QED) is 0.259. The normalized spacial score (nSPS) is 15.0. The maximum absolute atomic E-state index is 13.5. The number of carbonyl (C=O) groups excluding carboxylic acids is 1. The summed E-state index contributed by atoms with van der Waals surface area (Å²) in [5.41, 5.74) is 2.94. The lowest BCUT2D eigenvalue weighted by Gasteiger charge is -2.32. The van der Waals surface area contributed by atoms with Gasteiger partial charge in [0.15, 0.2) is 5.65 Å². The van der Waals surface area contributed by atoms with E-state index in [9.17, 15) is 18.0 Å². The number of piperazine rings is 1. The summed E-state index contributed by atoms with van der Waals surface area (Å²) in [5.74, 6) is 0.172. The Morgan fingerprint density at radius 1 is 0.955 bits per heavy atom. The number of hydrogen-bond donors (Lipinski definition) is 2. The Morgan fingerprint density at radius 2 is 1.66 bits per heavy atom. The second kappa shape index (κ2) is 12.4. The SMILES string of the molecule is CN1CCN(CCOc2ccc(C(F)(F)F)cc2NC(=O)Nc2ccc(-c3cc(C(C)(C)C)nc4c3cnn4C)cc2)CC1. The predicted molar refractivity (Wildman–Crippen MR) is 166 cm³/mol. The maximum Gasteiger partial charge on any atom is 0.416 e. The van der Waals surface area contributed by atoms with Crippen LogP contribution in [0.15, 0.2) is 54.7 Å². The van der Waals surface area contributed by atoms with E-state index in [0.717, 1.165) is 66.2 Å². The highest BCUT2D eigenvalue weighted by atomic mass is 19.4. The van der Waals surface area contributed by atoms with E-state index < -0.39 is 17.8 Å². The summed E-state index contributed by atoms with van der Waals surface area (Å²) < 4.78 is 48.1. The van der Waals surface area contributed by atoms with Gasteiger partial charge in [0.05, 0.1) is 17.4 Å². The van der Waals surface area contributed by atoms with Crippen LogP contribution < -0.4 is 15.4 Å². The van der Waals surface area contributed by atoms with Crippen LogP contribution in [-0.2, 0) is 18.6 Å². The molecule has 3 heterocycles. The molecule has 2 N–H and O–H groups in total. The number of anilines is 2. The molecular weight excluding hydrogens is 571 g/mol. The van der Waals surface area contributed by atoms with E-state index in [4.69, 9.17) is 9.72 Å². The van der Waals surface area contributed by atoms with E-state index in [-0.39, 0.29) is 23.5 Å². The Bertz CT molecular complexity index is 1620. The molecule has 1 aliphatic rings. The first-order valence-electron chi connectivity index (χ1n) is 14.5. The third kappa shape index (κ3) is 7.31. The third-order valence-corrected chi connectivity index (χ3v) is 7.74. The van der Waals surface area contributed by atoms with Gasteiger partial charge < -0.3 is 20.3 Å². The number of urea groups is 1. The lowest BCUT2D eigenvalue weighted by molar-refractivity contribution is -0.137. The number of ether oxygens (including phenoxy) is 1. The Hall–Kier alpha value is -4.16. The van der Waals surface area contributed by atoms with Gasteiger partial charge >= 0.3 is 12.2 Å². The number of aryl methyl sites for hydroxylation is 1. The zero-order chi connectivity index (χ0) is 31.6. The van der Waals surface area contributed by atoms with Crippen molar-refractivity contribution in [1.29, 1.82) is 0 Å². The number of benzene rings is 2. The van der Waals surface area contributed by atoms with E-state index in [1.54, 1.807) is 23.0 Å². The molecule has 1 fully saturated rings. The molecule has 1 saturated heterocycles. The van der Waals surface area contributed by atoms with Crippen LogP contribution in [0, 0.1) is 0 Å². The molecule has 1 aliphatic heterocycles. The van der Waals surface area contributed by atoms with Crippen LogP contribution in [0.25, 0.3) is 22.2 Å². The molecule has 0 atom stereocenters. The zero-order valence-corrected chi connectivity index (χ0v) is 25.6. The van der Waals surface area contributed by atoms with E-state index in [2.05, 4.69) is 59.4 Å². The second-order valence-electron chi connectivity index (χ2n) is 12.2. The summed E-state index contributed by atoms with van der Waals surface area (Å²) in [6.07, 6.45) is -2.79. The van der Waals surface area contributed by atoms with Crippen LogP contribution in [0.1, 0.15) is 32.0 Å². The lowest BCUT2D eigenvalue weighted by atomic mass is 9.89. The van der Waals surface area contributed by atoms with Gasteiger partial charge in [0.1, 0.15) is 12.4 Å². The van der Waals surface area contributed by atoms with Gasteiger partial charge in [-0.1, -0.05) is 32.9 Å². The van der Waals surface area contributed by atoms with Crippen LogP contribution >= 0.6 is 0 Å². The van der Waals surface area contributed by atoms with E-state index in [1.165, 1.54) is 6.07 Å². The summed E-state index contributed by atoms with van der Waals surface area (Å²) in [7, 11) is 3.92. The zero-order valence-electron chi connectivity index (χ0n) is 25.6. The van der Waals surface area contributed by atoms with Gasteiger partial charge in [0.2, 0.25) is 0 Å². The van der Waals surface area contributed by atoms with E-state index in [1.807, 2.05) is 19.2 Å². The Morgan fingerprint density at radius 3 is 2.32 bits per heavy atom. The molecule has 44 heavy (non-hydrogen) atoms. The van der Waals surface area contributed by atoms with Crippen molar-refractivity contribution < 1.29 is 22.7 Å². The molecule has 0 spiro atoms. The predicted octanol–water partition coefficient (Wildman–Crippen LogP) is 6.22. The molecule has 12 heteroatoms. The molecule has 0 saturated carbocycles. The fourth-order valence-corrected chi connectivity index (χ4v) is 5.04. The molecule has 2 amide bonds. The highest BCUT2D eigenvalue weighted by Gasteiger charge is 2.31. The monoisotopic (exact) mass is 609 g/mol. The van der Waals surface area contributed by atoms with Gasteiger partial charge in [-0.3, -0.25) is 9.58 Å². The van der Waals surface area contributed by atoms with Crippen LogP contribution in [0.5, 0.6) is 5.75 Å². The van der Waals surface area contributed by atoms with Crippen molar-refractivity contribution in [2.45, 2.75) is 32.4 Å². The third-order valence-electron chi connectivity index (χ3n) is 7.74. The number of alkyl halides is 3. The van der Waals surface area contributed by atoms with Crippen molar-refractivity contribution in [3.63, 3.8) is 0 Å². The summed E-state index contributed by atoms with van der Waals surface area (Å²) in [6.45, 7) is 10.9. The van der Waals surface area contributed by atoms with Crippen molar-refractivity contribution in [2.24, 2.45) is 7.05 Å². The van der Waals surface area contributed by atoms with E-state index in [0.29, 0.717) is 12.2 Å². The first-order valence-corrected chi connectivity index (χ1v) is 14.5. The average molecular weight is 610 g/mol. The summed E-state index contributed by atoms with van der Waals surface area (Å²) in [4.78, 5) is 22.2. The Balaban J connectivity index is 1.30. The highest BCUT2D eigenvalue weighted by molar-refractivity contribution is 6.01. The Kier molecular flexibility index (Phi) is 8.85. The minimum absolute atomic E-state index is 0.0576. The molecule has 234 valence electrons. The largest absolute Gasteiger partial charge is 0.490 e. The molecule has 2 aromatic carbocycles. The number of nitrogens with zero attached hydrogens (tertiary/aromatic N) is 5. The van der Waals surface area contributed by atoms with Gasteiger partial charge in [-0.05, 0) is 54.6 Å². The fourth-order valence-electron chi connectivity index (χ4n) is 5.04. The molecule has 0 bridgehead atoms. The molecule has 4 aromatic rings. The lowest BCUT2D eigenvalue weighted by Crippen LogP contribution is -2.45. The summed E-state index contributed by atoms with van der Waals surface area (Å²) in [5, 5.41) is 10.5. The minimum atomic E-state index is -4.57. The average Bonchev–Trinajstić information content (AvgIpc) is 3.34. The molecule has 9 nitrogen and oxygen atoms in total. The Labute approximate surface area is 255 Å². The summed E-state index contributed by atoms with van der Waals surface area (Å²) >= 11 is 0. The van der Waals surface area contributed by atoms with Gasteiger partial charge in [-0.2, -0.15) is 18.3 Å². The maximum atomic E-state index is 13.5. The van der Waals surface area contributed by atoms with Crippen molar-refractivity contribution >= 4 is 28.4 Å². The fraction of sp³-hybridized carbons (Fsp3) is 0.406. The molecule has 5 rings (SSSR count). The molecule has 0 radical (unpaired) electrons. The van der Waals surface area contributed by atoms with Crippen molar-refractivity contribution in [3.8, 4) is 16.9 Å². The van der Waals surface area contributed by atoms with E-state index >= 15 is 0 Å². The number of nitrogens with one attached hydrogen (secondary N) is 2. The number of amides is 2. The highest BCUT2D eigenvalue weighted by Crippen LogP contribution is 2.36. The minimum Gasteiger partial charge on any atom is -0.490 e. The number of fused-ring (bicyclic) bond motifs is 1. The van der Waals surface area contributed by atoms with Crippen LogP contribution in [-0.4, -0.2) is 77.0 Å². The molecule has 0 aliphatic carbocycles. The van der Waals surface area contributed by atoms with Gasteiger partial charge in [-0.25, -0.2) is 9.78 Å². The van der Waals surface area contributed by atoms with Crippen LogP contribution in [0.2, 0.25) is 0 Å². The number of carbonyl (C=O) groups is 1. The van der Waals surface area contributed by atoms with Gasteiger partial charge in [0.25, 0.3) is 0 Å². The number of likely N-dealkylation sites (N-methyl/N-ethyl adjacent to an activating group) is 1. The first kappa shape index (κ1) is 31.3. The van der Waals surface area contributed by atoms with Crippen LogP contribution in [0.3, 0.4) is 0 Å². The molecular formula is C32H38F3N7O2. The number of pyridine rings is 1.